The van der Waals surface area contributed by atoms with Crippen LogP contribution in [0, 0.1) is 0 Å². The second kappa shape index (κ2) is 8.17. The minimum atomic E-state index is -1.99. The Morgan fingerprint density at radius 1 is 1.16 bits per heavy atom. The van der Waals surface area contributed by atoms with Gasteiger partial charge in [0.05, 0.1) is 0 Å². The number of aromatic amines is 1. The molecule has 1 atom stereocenters. The molecule has 0 saturated carbocycles. The van der Waals surface area contributed by atoms with E-state index in [0.29, 0.717) is 36.8 Å². The predicted octanol–water partition coefficient (Wildman–Crippen LogP) is 2.94. The van der Waals surface area contributed by atoms with Gasteiger partial charge in [0.2, 0.25) is 0 Å². The average Bonchev–Trinajstić information content (AvgIpc) is 3.22. The Labute approximate surface area is 180 Å². The monoisotopic (exact) mass is 421 g/mol. The van der Waals surface area contributed by atoms with Crippen LogP contribution in [0.3, 0.4) is 0 Å². The number of aliphatic hydroxyl groups is 1. The normalized spacial score (nSPS) is 16.9. The van der Waals surface area contributed by atoms with Crippen LogP contribution in [0.15, 0.2) is 48.5 Å². The zero-order valence-electron chi connectivity index (χ0n) is 17.5. The lowest BCUT2D eigenvalue weighted by Gasteiger charge is -2.32. The van der Waals surface area contributed by atoms with Gasteiger partial charge in [-0.1, -0.05) is 36.4 Å². The summed E-state index contributed by atoms with van der Waals surface area (Å²) in [5.41, 5.74) is 7.50. The van der Waals surface area contributed by atoms with E-state index in [2.05, 4.69) is 17.1 Å². The van der Waals surface area contributed by atoms with Crippen molar-refractivity contribution in [3.63, 3.8) is 0 Å². The maximum Gasteiger partial charge on any atom is 0.340 e. The van der Waals surface area contributed by atoms with Gasteiger partial charge < -0.3 is 25.8 Å². The first kappa shape index (κ1) is 21.1. The molecule has 7 heteroatoms. The Morgan fingerprint density at radius 2 is 1.90 bits per heavy atom. The standard InChI is InChI=1S/C24H27N3O4/c1-24(31,23(29)30)19-6-5-18-12-21(26-20(18)13-19)22(28)27-9-7-16(8-10-27)17-4-2-3-15(11-17)14-25/h2-6,11-13,16,26,31H,7-10,14,25H2,1H3,(H,29,30)/t24-/m0/s1. The minimum absolute atomic E-state index is 0.0723. The van der Waals surface area contributed by atoms with Gasteiger partial charge in [-0.05, 0) is 54.5 Å². The molecule has 162 valence electrons. The Kier molecular flexibility index (Phi) is 5.56. The number of aromatic nitrogens is 1. The zero-order valence-corrected chi connectivity index (χ0v) is 17.5. The van der Waals surface area contributed by atoms with Gasteiger partial charge in [-0.2, -0.15) is 0 Å². The van der Waals surface area contributed by atoms with Crippen molar-refractivity contribution in [3.05, 3.63) is 70.9 Å². The van der Waals surface area contributed by atoms with Crippen LogP contribution in [0.1, 0.15) is 52.9 Å². The average molecular weight is 421 g/mol. The van der Waals surface area contributed by atoms with Crippen molar-refractivity contribution >= 4 is 22.8 Å². The summed E-state index contributed by atoms with van der Waals surface area (Å²) in [6, 6.07) is 15.0. The number of nitrogens with one attached hydrogen (secondary N) is 1. The topological polar surface area (TPSA) is 120 Å². The number of hydrogen-bond donors (Lipinski definition) is 4. The van der Waals surface area contributed by atoms with Gasteiger partial charge in [-0.15, -0.1) is 0 Å². The molecule has 31 heavy (non-hydrogen) atoms. The zero-order chi connectivity index (χ0) is 22.2. The number of hydrogen-bond acceptors (Lipinski definition) is 4. The Hall–Kier alpha value is -3.16. The van der Waals surface area contributed by atoms with Crippen LogP contribution in [0.5, 0.6) is 0 Å². The van der Waals surface area contributed by atoms with Gasteiger partial charge in [0.1, 0.15) is 5.69 Å². The number of likely N-dealkylation sites (tertiary alicyclic amines) is 1. The summed E-state index contributed by atoms with van der Waals surface area (Å²) < 4.78 is 0. The highest BCUT2D eigenvalue weighted by atomic mass is 16.4. The number of fused-ring (bicyclic) bond motifs is 1. The molecule has 1 aliphatic rings. The van der Waals surface area contributed by atoms with E-state index in [-0.39, 0.29) is 11.5 Å². The number of benzene rings is 2. The molecule has 1 saturated heterocycles. The van der Waals surface area contributed by atoms with Crippen molar-refractivity contribution in [1.82, 2.24) is 9.88 Å². The molecule has 7 nitrogen and oxygen atoms in total. The second-order valence-electron chi connectivity index (χ2n) is 8.38. The quantitative estimate of drug-likeness (QED) is 0.505. The summed E-state index contributed by atoms with van der Waals surface area (Å²) in [5.74, 6) is -0.981. The molecule has 2 aromatic carbocycles. The first-order chi connectivity index (χ1) is 14.8. The molecule has 0 aliphatic carbocycles. The highest BCUT2D eigenvalue weighted by Gasteiger charge is 2.32. The summed E-state index contributed by atoms with van der Waals surface area (Å²) in [4.78, 5) is 29.3. The minimum Gasteiger partial charge on any atom is -0.479 e. The highest BCUT2D eigenvalue weighted by molar-refractivity contribution is 5.98. The van der Waals surface area contributed by atoms with E-state index in [0.717, 1.165) is 23.8 Å². The van der Waals surface area contributed by atoms with Crippen LogP contribution in [0.4, 0.5) is 0 Å². The number of carbonyl (C=O) groups is 2. The fourth-order valence-electron chi connectivity index (χ4n) is 4.23. The molecule has 0 radical (unpaired) electrons. The number of aliphatic carboxylic acids is 1. The second-order valence-corrected chi connectivity index (χ2v) is 8.38. The van der Waals surface area contributed by atoms with E-state index < -0.39 is 11.6 Å². The number of nitrogens with zero attached hydrogens (tertiary/aromatic N) is 1. The smallest absolute Gasteiger partial charge is 0.340 e. The maximum atomic E-state index is 13.0. The molecular formula is C24H27N3O4. The third-order valence-corrected chi connectivity index (χ3v) is 6.27. The third-order valence-electron chi connectivity index (χ3n) is 6.27. The van der Waals surface area contributed by atoms with E-state index >= 15 is 0 Å². The third kappa shape index (κ3) is 4.06. The Balaban J connectivity index is 1.48. The number of amides is 1. The lowest BCUT2D eigenvalue weighted by Crippen LogP contribution is -2.38. The molecular weight excluding hydrogens is 394 g/mol. The van der Waals surface area contributed by atoms with Crippen LogP contribution < -0.4 is 5.73 Å². The number of carboxylic acid groups (broad SMARTS) is 1. The largest absolute Gasteiger partial charge is 0.479 e. The lowest BCUT2D eigenvalue weighted by atomic mass is 9.88. The van der Waals surface area contributed by atoms with Crippen molar-refractivity contribution in [2.24, 2.45) is 5.73 Å². The molecule has 0 spiro atoms. The van der Waals surface area contributed by atoms with Crippen molar-refractivity contribution in [2.45, 2.75) is 37.8 Å². The van der Waals surface area contributed by atoms with Crippen molar-refractivity contribution in [2.75, 3.05) is 13.1 Å². The first-order valence-electron chi connectivity index (χ1n) is 10.5. The molecule has 1 fully saturated rings. The summed E-state index contributed by atoms with van der Waals surface area (Å²) in [5, 5.41) is 20.2. The number of H-pyrrole nitrogens is 1. The fourth-order valence-corrected chi connectivity index (χ4v) is 4.23. The van der Waals surface area contributed by atoms with E-state index in [1.165, 1.54) is 12.5 Å². The van der Waals surface area contributed by atoms with Crippen LogP contribution in [-0.4, -0.2) is 45.1 Å². The lowest BCUT2D eigenvalue weighted by molar-refractivity contribution is -0.157. The van der Waals surface area contributed by atoms with Crippen LogP contribution >= 0.6 is 0 Å². The molecule has 4 rings (SSSR count). The molecule has 5 N–H and O–H groups in total. The van der Waals surface area contributed by atoms with Gasteiger partial charge in [-0.3, -0.25) is 4.79 Å². The number of carbonyl (C=O) groups excluding carboxylic acids is 1. The maximum absolute atomic E-state index is 13.0. The van der Waals surface area contributed by atoms with Gasteiger partial charge in [0, 0.05) is 30.5 Å². The van der Waals surface area contributed by atoms with Crippen molar-refractivity contribution in [3.8, 4) is 0 Å². The van der Waals surface area contributed by atoms with E-state index in [1.807, 2.05) is 17.0 Å². The number of carboxylic acids is 1. The first-order valence-corrected chi connectivity index (χ1v) is 10.5. The fraction of sp³-hybridized carbons (Fsp3) is 0.333. The van der Waals surface area contributed by atoms with E-state index in [4.69, 9.17) is 5.73 Å². The SMILES string of the molecule is C[C@@](O)(C(=O)O)c1ccc2cc(C(=O)N3CCC(c4cccc(CN)c4)CC3)[nH]c2c1. The molecule has 0 bridgehead atoms. The van der Waals surface area contributed by atoms with Crippen LogP contribution in [-0.2, 0) is 16.9 Å². The van der Waals surface area contributed by atoms with Gasteiger partial charge >= 0.3 is 5.97 Å². The van der Waals surface area contributed by atoms with Gasteiger partial charge in [0.15, 0.2) is 5.60 Å². The summed E-state index contributed by atoms with van der Waals surface area (Å²) in [6.45, 7) is 3.10. The number of piperidine rings is 1. The number of nitrogens with two attached hydrogens (primary N) is 1. The molecule has 1 amide bonds. The number of rotatable bonds is 5. The van der Waals surface area contributed by atoms with Crippen molar-refractivity contribution < 1.29 is 19.8 Å². The van der Waals surface area contributed by atoms with E-state index in [1.54, 1.807) is 24.3 Å². The molecule has 2 heterocycles. The Bertz CT molecular complexity index is 1130. The predicted molar refractivity (Wildman–Crippen MR) is 118 cm³/mol. The summed E-state index contributed by atoms with van der Waals surface area (Å²) in [7, 11) is 0. The molecule has 0 unspecified atom stereocenters. The van der Waals surface area contributed by atoms with Gasteiger partial charge in [-0.25, -0.2) is 4.79 Å². The molecule has 1 aromatic heterocycles. The summed E-state index contributed by atoms with van der Waals surface area (Å²) in [6.07, 6.45) is 1.79. The summed E-state index contributed by atoms with van der Waals surface area (Å²) >= 11 is 0. The van der Waals surface area contributed by atoms with Crippen molar-refractivity contribution in [1.29, 1.82) is 0 Å². The molecule has 1 aliphatic heterocycles. The Morgan fingerprint density at radius 3 is 2.58 bits per heavy atom. The van der Waals surface area contributed by atoms with Gasteiger partial charge in [0.25, 0.3) is 5.91 Å². The molecule has 3 aromatic rings. The van der Waals surface area contributed by atoms with Crippen LogP contribution in [0.2, 0.25) is 0 Å². The highest BCUT2D eigenvalue weighted by Crippen LogP contribution is 2.30. The van der Waals surface area contributed by atoms with Crippen LogP contribution in [0.25, 0.3) is 10.9 Å². The van der Waals surface area contributed by atoms with E-state index in [9.17, 15) is 19.8 Å².